The molecule has 2 aliphatic rings. The molecule has 1 aliphatic carbocycles. The van der Waals surface area contributed by atoms with Crippen LogP contribution in [-0.4, -0.2) is 47.8 Å². The van der Waals surface area contributed by atoms with E-state index < -0.39 is 0 Å². The van der Waals surface area contributed by atoms with Crippen LogP contribution in [0, 0.1) is 5.92 Å². The van der Waals surface area contributed by atoms with Gasteiger partial charge in [-0.25, -0.2) is 0 Å². The fraction of sp³-hybridized carbons (Fsp3) is 0.643. The molecule has 1 aromatic rings. The highest BCUT2D eigenvalue weighted by atomic mass is 79.9. The van der Waals surface area contributed by atoms with Crippen LogP contribution in [0.4, 0.5) is 0 Å². The Kier molecular flexibility index (Phi) is 4.14. The van der Waals surface area contributed by atoms with Gasteiger partial charge in [0.25, 0.3) is 5.91 Å². The van der Waals surface area contributed by atoms with Crippen molar-refractivity contribution in [1.82, 2.24) is 4.90 Å². The SMILES string of the molecule is O=C(c1ccoc1Br)N1CCOC[C@@H]1[C@@H]1CCC[C@@H]1O. The number of carbonyl (C=O) groups is 1. The lowest BCUT2D eigenvalue weighted by Crippen LogP contribution is -2.53. The fourth-order valence-electron chi connectivity index (χ4n) is 3.25. The second kappa shape index (κ2) is 5.87. The summed E-state index contributed by atoms with van der Waals surface area (Å²) in [6.45, 7) is 1.60. The van der Waals surface area contributed by atoms with Gasteiger partial charge in [-0.3, -0.25) is 4.79 Å². The number of nitrogens with zero attached hydrogens (tertiary/aromatic N) is 1. The molecule has 3 atom stereocenters. The van der Waals surface area contributed by atoms with Crippen molar-refractivity contribution in [2.75, 3.05) is 19.8 Å². The highest BCUT2D eigenvalue weighted by Crippen LogP contribution is 2.33. The van der Waals surface area contributed by atoms with Crippen molar-refractivity contribution in [3.8, 4) is 0 Å². The third-order valence-electron chi connectivity index (χ3n) is 4.30. The van der Waals surface area contributed by atoms with Crippen LogP contribution in [0.3, 0.4) is 0 Å². The summed E-state index contributed by atoms with van der Waals surface area (Å²) in [4.78, 5) is 14.5. The van der Waals surface area contributed by atoms with Gasteiger partial charge in [0.15, 0.2) is 4.67 Å². The first-order chi connectivity index (χ1) is 9.68. The molecule has 1 N–H and O–H groups in total. The number of aliphatic hydroxyl groups excluding tert-OH is 1. The van der Waals surface area contributed by atoms with Crippen LogP contribution < -0.4 is 0 Å². The molecule has 3 rings (SSSR count). The van der Waals surface area contributed by atoms with Crippen molar-refractivity contribution in [2.24, 2.45) is 5.92 Å². The molecule has 2 heterocycles. The quantitative estimate of drug-likeness (QED) is 0.892. The molecule has 0 aromatic carbocycles. The number of furan rings is 1. The van der Waals surface area contributed by atoms with Crippen LogP contribution in [0.5, 0.6) is 0 Å². The van der Waals surface area contributed by atoms with E-state index in [4.69, 9.17) is 9.15 Å². The van der Waals surface area contributed by atoms with E-state index in [0.29, 0.717) is 30.0 Å². The Balaban J connectivity index is 1.82. The molecule has 6 heteroatoms. The number of morpholine rings is 1. The van der Waals surface area contributed by atoms with Crippen molar-refractivity contribution in [1.29, 1.82) is 0 Å². The summed E-state index contributed by atoms with van der Waals surface area (Å²) < 4.78 is 11.1. The lowest BCUT2D eigenvalue weighted by atomic mass is 9.94. The Bertz CT molecular complexity index is 489. The highest BCUT2D eigenvalue weighted by Gasteiger charge is 2.40. The number of amides is 1. The summed E-state index contributed by atoms with van der Waals surface area (Å²) in [5.74, 6) is 0.0583. The van der Waals surface area contributed by atoms with Crippen LogP contribution in [-0.2, 0) is 4.74 Å². The lowest BCUT2D eigenvalue weighted by Gasteiger charge is -2.40. The maximum absolute atomic E-state index is 12.7. The fourth-order valence-corrected chi connectivity index (χ4v) is 3.66. The molecule has 1 saturated heterocycles. The van der Waals surface area contributed by atoms with Gasteiger partial charge in [-0.15, -0.1) is 0 Å². The third-order valence-corrected chi connectivity index (χ3v) is 4.91. The molecule has 0 spiro atoms. The molecule has 1 aliphatic heterocycles. The number of rotatable bonds is 2. The first-order valence-corrected chi connectivity index (χ1v) is 7.77. The first kappa shape index (κ1) is 14.1. The van der Waals surface area contributed by atoms with Crippen molar-refractivity contribution < 1.29 is 19.1 Å². The van der Waals surface area contributed by atoms with E-state index in [2.05, 4.69) is 15.9 Å². The van der Waals surface area contributed by atoms with Crippen LogP contribution in [0.1, 0.15) is 29.6 Å². The van der Waals surface area contributed by atoms with E-state index in [9.17, 15) is 9.90 Å². The van der Waals surface area contributed by atoms with Crippen molar-refractivity contribution in [3.63, 3.8) is 0 Å². The number of aliphatic hydroxyl groups is 1. The van der Waals surface area contributed by atoms with Gasteiger partial charge in [-0.1, -0.05) is 6.42 Å². The molecule has 20 heavy (non-hydrogen) atoms. The number of halogens is 1. The Hall–Kier alpha value is -0.850. The zero-order chi connectivity index (χ0) is 14.1. The van der Waals surface area contributed by atoms with Gasteiger partial charge in [0.1, 0.15) is 0 Å². The van der Waals surface area contributed by atoms with Gasteiger partial charge in [0, 0.05) is 12.5 Å². The molecule has 110 valence electrons. The van der Waals surface area contributed by atoms with E-state index in [1.807, 2.05) is 4.90 Å². The van der Waals surface area contributed by atoms with Crippen molar-refractivity contribution >= 4 is 21.8 Å². The summed E-state index contributed by atoms with van der Waals surface area (Å²) in [5.41, 5.74) is 0.532. The third kappa shape index (κ3) is 2.52. The predicted octanol–water partition coefficient (Wildman–Crippen LogP) is 2.04. The molecule has 2 fully saturated rings. The second-order valence-electron chi connectivity index (χ2n) is 5.41. The molecule has 5 nitrogen and oxygen atoms in total. The minimum absolute atomic E-state index is 0.0458. The van der Waals surface area contributed by atoms with E-state index in [1.54, 1.807) is 6.07 Å². The summed E-state index contributed by atoms with van der Waals surface area (Å²) in [5, 5.41) is 10.1. The number of hydrogen-bond acceptors (Lipinski definition) is 4. The monoisotopic (exact) mass is 343 g/mol. The van der Waals surface area contributed by atoms with Gasteiger partial charge >= 0.3 is 0 Å². The minimum atomic E-state index is -0.329. The van der Waals surface area contributed by atoms with E-state index in [0.717, 1.165) is 19.3 Å². The minimum Gasteiger partial charge on any atom is -0.457 e. The van der Waals surface area contributed by atoms with E-state index in [1.165, 1.54) is 6.26 Å². The van der Waals surface area contributed by atoms with Gasteiger partial charge in [0.2, 0.25) is 0 Å². The van der Waals surface area contributed by atoms with Crippen molar-refractivity contribution in [2.45, 2.75) is 31.4 Å². The molecule has 0 unspecified atom stereocenters. The average Bonchev–Trinajstić information content (AvgIpc) is 3.06. The molecule has 0 bridgehead atoms. The van der Waals surface area contributed by atoms with Crippen LogP contribution in [0.2, 0.25) is 0 Å². The Morgan fingerprint density at radius 1 is 1.45 bits per heavy atom. The number of hydrogen-bond donors (Lipinski definition) is 1. The van der Waals surface area contributed by atoms with Gasteiger partial charge < -0.3 is 19.2 Å². The zero-order valence-corrected chi connectivity index (χ0v) is 12.7. The second-order valence-corrected chi connectivity index (χ2v) is 6.13. The molecule has 1 aromatic heterocycles. The largest absolute Gasteiger partial charge is 0.457 e. The Labute approximate surface area is 126 Å². The van der Waals surface area contributed by atoms with Crippen molar-refractivity contribution in [3.05, 3.63) is 22.6 Å². The Morgan fingerprint density at radius 3 is 2.95 bits per heavy atom. The lowest BCUT2D eigenvalue weighted by molar-refractivity contribution is -0.0384. The molecular weight excluding hydrogens is 326 g/mol. The zero-order valence-electron chi connectivity index (χ0n) is 11.1. The maximum Gasteiger partial charge on any atom is 0.258 e. The topological polar surface area (TPSA) is 62.9 Å². The molecular formula is C14H18BrNO4. The van der Waals surface area contributed by atoms with E-state index in [-0.39, 0.29) is 24.0 Å². The first-order valence-electron chi connectivity index (χ1n) is 6.98. The summed E-state index contributed by atoms with van der Waals surface area (Å²) in [6.07, 6.45) is 3.95. The van der Waals surface area contributed by atoms with Gasteiger partial charge in [-0.05, 0) is 34.8 Å². The highest BCUT2D eigenvalue weighted by molar-refractivity contribution is 9.10. The maximum atomic E-state index is 12.7. The van der Waals surface area contributed by atoms with Crippen LogP contribution >= 0.6 is 15.9 Å². The van der Waals surface area contributed by atoms with Gasteiger partial charge in [-0.2, -0.15) is 0 Å². The molecule has 0 radical (unpaired) electrons. The van der Waals surface area contributed by atoms with Gasteiger partial charge in [0.05, 0.1) is 37.2 Å². The smallest absolute Gasteiger partial charge is 0.258 e. The summed E-state index contributed by atoms with van der Waals surface area (Å²) in [6, 6.07) is 1.62. The Morgan fingerprint density at radius 2 is 2.30 bits per heavy atom. The standard InChI is InChI=1S/C14H18BrNO4/c15-13-10(4-6-20-13)14(18)16-5-7-19-8-11(16)9-2-1-3-12(9)17/h4,6,9,11-12,17H,1-3,5,7-8H2/t9-,11+,12-/m0/s1. The number of ether oxygens (including phenoxy) is 1. The molecule has 1 saturated carbocycles. The van der Waals surface area contributed by atoms with Crippen LogP contribution in [0.25, 0.3) is 0 Å². The van der Waals surface area contributed by atoms with E-state index >= 15 is 0 Å². The van der Waals surface area contributed by atoms with Crippen LogP contribution in [0.15, 0.2) is 21.4 Å². The number of carbonyl (C=O) groups excluding carboxylic acids is 1. The average molecular weight is 344 g/mol. The normalized spacial score (nSPS) is 30.7. The summed E-state index contributed by atoms with van der Waals surface area (Å²) in [7, 11) is 0. The predicted molar refractivity (Wildman–Crippen MR) is 75.4 cm³/mol. The summed E-state index contributed by atoms with van der Waals surface area (Å²) >= 11 is 3.25. The molecule has 1 amide bonds.